The van der Waals surface area contributed by atoms with Gasteiger partial charge >= 0.3 is 0 Å². The fraction of sp³-hybridized carbons (Fsp3) is 0.571. The van der Waals surface area contributed by atoms with Gasteiger partial charge in [0.25, 0.3) is 5.91 Å². The van der Waals surface area contributed by atoms with E-state index in [4.69, 9.17) is 23.8 Å². The third kappa shape index (κ3) is 7.76. The van der Waals surface area contributed by atoms with Crippen LogP contribution in [0.1, 0.15) is 81.5 Å². The Balaban J connectivity index is 1.88. The summed E-state index contributed by atoms with van der Waals surface area (Å²) in [4.78, 5) is 24.5. The van der Waals surface area contributed by atoms with Crippen molar-refractivity contribution in [1.29, 1.82) is 0 Å². The molecular weight excluding hydrogens is 394 g/mol. The van der Waals surface area contributed by atoms with Crippen LogP contribution in [0.15, 0.2) is 18.2 Å². The van der Waals surface area contributed by atoms with Gasteiger partial charge in [0.2, 0.25) is 5.91 Å². The molecule has 0 atom stereocenters. The van der Waals surface area contributed by atoms with E-state index in [-0.39, 0.29) is 23.0 Å². The maximum Gasteiger partial charge on any atom is 0.253 e. The monoisotopic (exact) mass is 423 g/mol. The number of nitrogens with one attached hydrogen (secondary N) is 3. The van der Waals surface area contributed by atoms with Gasteiger partial charge in [-0.3, -0.25) is 9.59 Å². The van der Waals surface area contributed by atoms with Crippen molar-refractivity contribution in [2.24, 2.45) is 0 Å². The first-order chi connectivity index (χ1) is 13.5. The standard InChI is InChI=1S/C21H30ClN3O2S/c1-2-3-4-8-11-19(26)25-21(28)24-16-12-13-18(22)17(14-16)20(27)23-15-9-6-5-7-10-15/h12-15H,2-11H2,1H3,(H,23,27)(H2,24,25,26,28). The van der Waals surface area contributed by atoms with Crippen LogP contribution in [0.5, 0.6) is 0 Å². The number of benzene rings is 1. The molecule has 28 heavy (non-hydrogen) atoms. The lowest BCUT2D eigenvalue weighted by atomic mass is 9.95. The van der Waals surface area contributed by atoms with Crippen molar-refractivity contribution < 1.29 is 9.59 Å². The summed E-state index contributed by atoms with van der Waals surface area (Å²) in [5, 5.41) is 9.33. The molecule has 5 nitrogen and oxygen atoms in total. The first kappa shape index (κ1) is 22.6. The molecular formula is C21H30ClN3O2S. The summed E-state index contributed by atoms with van der Waals surface area (Å²) in [6.07, 6.45) is 10.2. The van der Waals surface area contributed by atoms with E-state index < -0.39 is 0 Å². The minimum Gasteiger partial charge on any atom is -0.349 e. The minimum absolute atomic E-state index is 0.0992. The summed E-state index contributed by atoms with van der Waals surface area (Å²) in [7, 11) is 0. The Morgan fingerprint density at radius 2 is 1.89 bits per heavy atom. The van der Waals surface area contributed by atoms with E-state index in [1.54, 1.807) is 18.2 Å². The highest BCUT2D eigenvalue weighted by molar-refractivity contribution is 7.80. The molecule has 0 unspecified atom stereocenters. The van der Waals surface area contributed by atoms with Crippen molar-refractivity contribution in [3.05, 3.63) is 28.8 Å². The predicted molar refractivity (Wildman–Crippen MR) is 119 cm³/mol. The van der Waals surface area contributed by atoms with E-state index in [9.17, 15) is 9.59 Å². The average Bonchev–Trinajstić information content (AvgIpc) is 2.67. The largest absolute Gasteiger partial charge is 0.349 e. The Hall–Kier alpha value is -1.66. The molecule has 0 aromatic heterocycles. The molecule has 2 rings (SSSR count). The molecule has 2 amide bonds. The van der Waals surface area contributed by atoms with Gasteiger partial charge in [-0.05, 0) is 49.7 Å². The highest BCUT2D eigenvalue weighted by Crippen LogP contribution is 2.23. The summed E-state index contributed by atoms with van der Waals surface area (Å²) in [6.45, 7) is 2.13. The van der Waals surface area contributed by atoms with Crippen molar-refractivity contribution in [2.45, 2.75) is 77.2 Å². The summed E-state index contributed by atoms with van der Waals surface area (Å²) in [6, 6.07) is 5.27. The number of thiocarbonyl (C=S) groups is 1. The van der Waals surface area contributed by atoms with Crippen molar-refractivity contribution in [3.63, 3.8) is 0 Å². The lowest BCUT2D eigenvalue weighted by Crippen LogP contribution is -2.36. The number of rotatable bonds is 8. The summed E-state index contributed by atoms with van der Waals surface area (Å²) < 4.78 is 0. The van der Waals surface area contributed by atoms with E-state index in [1.165, 1.54) is 6.42 Å². The van der Waals surface area contributed by atoms with Crippen molar-refractivity contribution in [2.75, 3.05) is 5.32 Å². The third-order valence-corrected chi connectivity index (χ3v) is 5.45. The first-order valence-electron chi connectivity index (χ1n) is 10.2. The second-order valence-electron chi connectivity index (χ2n) is 7.32. The highest BCUT2D eigenvalue weighted by atomic mass is 35.5. The number of carbonyl (C=O) groups is 2. The van der Waals surface area contributed by atoms with Crippen LogP contribution in [0.3, 0.4) is 0 Å². The quantitative estimate of drug-likeness (QED) is 0.397. The Bertz CT molecular complexity index is 690. The molecule has 0 aliphatic heterocycles. The maximum atomic E-state index is 12.6. The lowest BCUT2D eigenvalue weighted by Gasteiger charge is -2.23. The van der Waals surface area contributed by atoms with E-state index in [0.717, 1.165) is 51.4 Å². The smallest absolute Gasteiger partial charge is 0.253 e. The van der Waals surface area contributed by atoms with Gasteiger partial charge < -0.3 is 16.0 Å². The molecule has 1 saturated carbocycles. The summed E-state index contributed by atoms with van der Waals surface area (Å²) in [5.41, 5.74) is 1.03. The Morgan fingerprint density at radius 1 is 1.14 bits per heavy atom. The fourth-order valence-electron chi connectivity index (χ4n) is 3.35. The van der Waals surface area contributed by atoms with E-state index >= 15 is 0 Å². The predicted octanol–water partition coefficient (Wildman–Crippen LogP) is 5.19. The number of anilines is 1. The molecule has 0 bridgehead atoms. The Kier molecular flexibility index (Phi) is 9.71. The Morgan fingerprint density at radius 3 is 2.61 bits per heavy atom. The van der Waals surface area contributed by atoms with Crippen LogP contribution in [-0.4, -0.2) is 23.0 Å². The zero-order valence-electron chi connectivity index (χ0n) is 16.5. The molecule has 0 spiro atoms. The zero-order valence-corrected chi connectivity index (χ0v) is 18.1. The highest BCUT2D eigenvalue weighted by Gasteiger charge is 2.18. The van der Waals surface area contributed by atoms with Crippen LogP contribution in [0.4, 0.5) is 5.69 Å². The third-order valence-electron chi connectivity index (χ3n) is 4.92. The molecule has 7 heteroatoms. The van der Waals surface area contributed by atoms with Crippen LogP contribution in [0, 0.1) is 0 Å². The topological polar surface area (TPSA) is 70.2 Å². The van der Waals surface area contributed by atoms with Crippen LogP contribution in [0.25, 0.3) is 0 Å². The van der Waals surface area contributed by atoms with Crippen LogP contribution >= 0.6 is 23.8 Å². The normalized spacial score (nSPS) is 14.4. The molecule has 1 aromatic carbocycles. The minimum atomic E-state index is -0.175. The first-order valence-corrected chi connectivity index (χ1v) is 11.0. The molecule has 3 N–H and O–H groups in total. The van der Waals surface area contributed by atoms with Crippen LogP contribution in [-0.2, 0) is 4.79 Å². The molecule has 1 aliphatic carbocycles. The van der Waals surface area contributed by atoms with Gasteiger partial charge in [0.05, 0.1) is 10.6 Å². The van der Waals surface area contributed by atoms with Gasteiger partial charge in [0.1, 0.15) is 0 Å². The van der Waals surface area contributed by atoms with E-state index in [2.05, 4.69) is 22.9 Å². The van der Waals surface area contributed by atoms with Crippen molar-refractivity contribution >= 4 is 46.4 Å². The second kappa shape index (κ2) is 12.0. The second-order valence-corrected chi connectivity index (χ2v) is 8.13. The van der Waals surface area contributed by atoms with Gasteiger partial charge in [-0.2, -0.15) is 0 Å². The number of carbonyl (C=O) groups excluding carboxylic acids is 2. The number of amides is 2. The number of halogens is 1. The number of hydrogen-bond acceptors (Lipinski definition) is 3. The zero-order chi connectivity index (χ0) is 20.4. The van der Waals surface area contributed by atoms with Gasteiger partial charge in [-0.1, -0.05) is 57.0 Å². The lowest BCUT2D eigenvalue weighted by molar-refractivity contribution is -0.119. The number of unbranched alkanes of at least 4 members (excludes halogenated alkanes) is 3. The Labute approximate surface area is 178 Å². The van der Waals surface area contributed by atoms with Gasteiger partial charge in [-0.15, -0.1) is 0 Å². The molecule has 1 aromatic rings. The van der Waals surface area contributed by atoms with E-state index in [1.807, 2.05) is 0 Å². The van der Waals surface area contributed by atoms with Crippen LogP contribution < -0.4 is 16.0 Å². The maximum absolute atomic E-state index is 12.6. The van der Waals surface area contributed by atoms with Crippen LogP contribution in [0.2, 0.25) is 5.02 Å². The van der Waals surface area contributed by atoms with E-state index in [0.29, 0.717) is 22.7 Å². The molecule has 1 fully saturated rings. The molecule has 154 valence electrons. The molecule has 1 aliphatic rings. The van der Waals surface area contributed by atoms with Gasteiger partial charge in [0.15, 0.2) is 5.11 Å². The van der Waals surface area contributed by atoms with Gasteiger partial charge in [-0.25, -0.2) is 0 Å². The van der Waals surface area contributed by atoms with Crippen molar-refractivity contribution in [1.82, 2.24) is 10.6 Å². The molecule has 0 radical (unpaired) electrons. The summed E-state index contributed by atoms with van der Waals surface area (Å²) in [5.74, 6) is -0.274. The van der Waals surface area contributed by atoms with Crippen molar-refractivity contribution in [3.8, 4) is 0 Å². The average molecular weight is 424 g/mol. The van der Waals surface area contributed by atoms with Gasteiger partial charge in [0, 0.05) is 18.2 Å². The molecule has 0 heterocycles. The molecule has 0 saturated heterocycles. The SMILES string of the molecule is CCCCCCC(=O)NC(=S)Nc1ccc(Cl)c(C(=O)NC2CCCCC2)c1. The fourth-order valence-corrected chi connectivity index (χ4v) is 3.79. The summed E-state index contributed by atoms with van der Waals surface area (Å²) >= 11 is 11.4. The number of hydrogen-bond donors (Lipinski definition) is 3.